The molecule has 0 saturated carbocycles. The smallest absolute Gasteiger partial charge is 0.339 e. The molecule has 0 aliphatic heterocycles. The van der Waals surface area contributed by atoms with E-state index in [4.69, 9.17) is 11.6 Å². The van der Waals surface area contributed by atoms with Gasteiger partial charge in [-0.2, -0.15) is 5.10 Å². The minimum Gasteiger partial charge on any atom is -0.478 e. The van der Waals surface area contributed by atoms with Crippen molar-refractivity contribution in [1.29, 1.82) is 0 Å². The van der Waals surface area contributed by atoms with Crippen LogP contribution in [0.2, 0.25) is 5.02 Å². The van der Waals surface area contributed by atoms with Crippen LogP contribution in [0.1, 0.15) is 11.1 Å². The van der Waals surface area contributed by atoms with E-state index in [1.165, 1.54) is 6.08 Å². The molecule has 2 aromatic rings. The normalized spacial score (nSPS) is 14.5. The Kier molecular flexibility index (Phi) is 5.57. The monoisotopic (exact) mass is 389 g/mol. The van der Waals surface area contributed by atoms with Crippen molar-refractivity contribution in [2.24, 2.45) is 5.10 Å². The molecule has 1 radical (unpaired) electrons. The fraction of sp³-hybridized carbons (Fsp3) is 0. The van der Waals surface area contributed by atoms with Crippen LogP contribution in [0.3, 0.4) is 0 Å². The number of halogens is 1. The quantitative estimate of drug-likeness (QED) is 0.479. The van der Waals surface area contributed by atoms with Gasteiger partial charge in [-0.1, -0.05) is 35.9 Å². The maximum atomic E-state index is 12.4. The Labute approximate surface area is 153 Å². The number of hydrogen-bond acceptors (Lipinski definition) is 4. The van der Waals surface area contributed by atoms with Gasteiger partial charge in [0.2, 0.25) is 5.78 Å². The molecule has 0 amide bonds. The van der Waals surface area contributed by atoms with Gasteiger partial charge in [-0.05, 0) is 35.9 Å². The molecule has 125 valence electrons. The summed E-state index contributed by atoms with van der Waals surface area (Å²) >= 11 is 5.81. The van der Waals surface area contributed by atoms with Crippen molar-refractivity contribution in [1.82, 2.24) is 0 Å². The number of nitrogens with one attached hydrogen (secondary N) is 1. The van der Waals surface area contributed by atoms with Crippen LogP contribution in [0.5, 0.6) is 0 Å². The first-order valence-electron chi connectivity index (χ1n) is 6.74. The second-order valence-electron chi connectivity index (χ2n) is 4.86. The summed E-state index contributed by atoms with van der Waals surface area (Å²) in [6.07, 6.45) is 1.36. The second-order valence-corrected chi connectivity index (χ2v) is 5.30. The Morgan fingerprint density at radius 2 is 1.75 bits per heavy atom. The van der Waals surface area contributed by atoms with Crippen molar-refractivity contribution >= 4 is 40.8 Å². The van der Waals surface area contributed by atoms with Gasteiger partial charge in [0.1, 0.15) is 11.3 Å². The molecule has 0 saturated heterocycles. The average molecular weight is 390 g/mol. The number of nitrogens with zero attached hydrogens (tertiary/aromatic N) is 1. The van der Waals surface area contributed by atoms with Crippen molar-refractivity contribution in [2.75, 3.05) is 5.43 Å². The maximum Gasteiger partial charge on any atom is 0.339 e. The van der Waals surface area contributed by atoms with Crippen LogP contribution in [0, 0.1) is 0 Å². The van der Waals surface area contributed by atoms with Crippen molar-refractivity contribution < 1.29 is 31.8 Å². The maximum absolute atomic E-state index is 12.4. The third-order valence-corrected chi connectivity index (χ3v) is 3.60. The van der Waals surface area contributed by atoms with E-state index in [1.807, 2.05) is 0 Å². The topological polar surface area (TPSA) is 78.8 Å². The van der Waals surface area contributed by atoms with Crippen molar-refractivity contribution in [3.63, 3.8) is 0 Å². The predicted molar refractivity (Wildman–Crippen MR) is 88.7 cm³/mol. The number of aliphatic carboxylic acids is 1. The van der Waals surface area contributed by atoms with E-state index in [0.717, 1.165) is 0 Å². The first kappa shape index (κ1) is 17.9. The largest absolute Gasteiger partial charge is 0.478 e. The summed E-state index contributed by atoms with van der Waals surface area (Å²) in [6.45, 7) is 0. The van der Waals surface area contributed by atoms with E-state index in [9.17, 15) is 14.7 Å². The van der Waals surface area contributed by atoms with Crippen LogP contribution in [0.15, 0.2) is 59.2 Å². The zero-order valence-electron chi connectivity index (χ0n) is 12.1. The molecule has 0 aromatic heterocycles. The van der Waals surface area contributed by atoms with Crippen LogP contribution in [0.25, 0.3) is 6.08 Å². The van der Waals surface area contributed by atoms with Gasteiger partial charge in [0.25, 0.3) is 0 Å². The number of fused-ring (bicyclic) bond motifs is 1. The number of anilines is 1. The molecule has 1 aliphatic rings. The van der Waals surface area contributed by atoms with Crippen molar-refractivity contribution in [2.45, 2.75) is 0 Å². The first-order chi connectivity index (χ1) is 11.1. The van der Waals surface area contributed by atoms with E-state index in [1.54, 1.807) is 48.5 Å². The standard InChI is InChI=1S/C17H11ClN2O3.Cu/c18-11-5-7-12(8-6-11)19-20-15-13-4-2-1-3-10(13)9-14(16(15)21)17(22)23;/h1-9,19H,(H,22,23);. The van der Waals surface area contributed by atoms with Gasteiger partial charge in [0.05, 0.1) is 5.69 Å². The minimum atomic E-state index is -1.27. The summed E-state index contributed by atoms with van der Waals surface area (Å²) in [4.78, 5) is 23.6. The summed E-state index contributed by atoms with van der Waals surface area (Å²) in [5.41, 5.74) is 4.39. The minimum absolute atomic E-state index is 0. The molecular formula is C17H11ClCuN2O3. The van der Waals surface area contributed by atoms with E-state index < -0.39 is 11.8 Å². The molecule has 1 aliphatic carbocycles. The van der Waals surface area contributed by atoms with Crippen LogP contribution in [0.4, 0.5) is 5.69 Å². The number of carboxylic acid groups (broad SMARTS) is 1. The molecule has 2 aromatic carbocycles. The molecule has 7 heteroatoms. The summed E-state index contributed by atoms with van der Waals surface area (Å²) < 4.78 is 0. The van der Waals surface area contributed by atoms with Gasteiger partial charge in [-0.25, -0.2) is 4.79 Å². The molecule has 2 N–H and O–H groups in total. The number of benzene rings is 2. The summed E-state index contributed by atoms with van der Waals surface area (Å²) in [5, 5.41) is 13.9. The van der Waals surface area contributed by atoms with Crippen molar-refractivity contribution in [3.05, 3.63) is 70.3 Å². The number of rotatable bonds is 3. The van der Waals surface area contributed by atoms with Crippen LogP contribution >= 0.6 is 11.6 Å². The molecule has 0 spiro atoms. The zero-order chi connectivity index (χ0) is 16.4. The van der Waals surface area contributed by atoms with Gasteiger partial charge in [-0.15, -0.1) is 0 Å². The number of carbonyl (C=O) groups is 2. The average Bonchev–Trinajstić information content (AvgIpc) is 2.55. The third-order valence-electron chi connectivity index (χ3n) is 3.35. The number of ketones is 1. The Morgan fingerprint density at radius 3 is 2.42 bits per heavy atom. The predicted octanol–water partition coefficient (Wildman–Crippen LogP) is 3.20. The van der Waals surface area contributed by atoms with E-state index in [0.29, 0.717) is 21.8 Å². The van der Waals surface area contributed by atoms with Gasteiger partial charge in [0, 0.05) is 27.7 Å². The van der Waals surface area contributed by atoms with E-state index >= 15 is 0 Å². The SMILES string of the molecule is O=C(O)C1=Cc2ccccc2C(=NNc2ccc(Cl)cc2)C1=O.[Cu]. The number of hydrazone groups is 1. The molecule has 0 bridgehead atoms. The van der Waals surface area contributed by atoms with Gasteiger partial charge < -0.3 is 5.11 Å². The number of carboxylic acids is 1. The van der Waals surface area contributed by atoms with Gasteiger partial charge in [0.15, 0.2) is 0 Å². The van der Waals surface area contributed by atoms with Gasteiger partial charge >= 0.3 is 5.97 Å². The van der Waals surface area contributed by atoms with Crippen LogP contribution in [-0.2, 0) is 26.7 Å². The summed E-state index contributed by atoms with van der Waals surface area (Å²) in [7, 11) is 0. The number of Topliss-reactive ketones (excluding diaryl/α,β-unsaturated/α-hetero) is 1. The summed E-state index contributed by atoms with van der Waals surface area (Å²) in [5.74, 6) is -1.90. The Hall–Kier alpha value is -2.40. The summed E-state index contributed by atoms with van der Waals surface area (Å²) in [6, 6.07) is 13.8. The molecule has 0 unspecified atom stereocenters. The fourth-order valence-electron chi connectivity index (χ4n) is 2.22. The first-order valence-corrected chi connectivity index (χ1v) is 7.12. The molecule has 24 heavy (non-hydrogen) atoms. The number of hydrogen-bond donors (Lipinski definition) is 2. The van der Waals surface area contributed by atoms with Crippen LogP contribution in [-0.4, -0.2) is 22.6 Å². The van der Waals surface area contributed by atoms with Crippen molar-refractivity contribution in [3.8, 4) is 0 Å². The van der Waals surface area contributed by atoms with E-state index in [-0.39, 0.29) is 28.4 Å². The Bertz CT molecular complexity index is 860. The molecule has 0 fully saturated rings. The molecule has 0 atom stereocenters. The van der Waals surface area contributed by atoms with Gasteiger partial charge in [-0.3, -0.25) is 10.2 Å². The Morgan fingerprint density at radius 1 is 1.08 bits per heavy atom. The third kappa shape index (κ3) is 3.57. The van der Waals surface area contributed by atoms with E-state index in [2.05, 4.69) is 10.5 Å². The molecule has 0 heterocycles. The number of carbonyl (C=O) groups excluding carboxylic acids is 1. The Balaban J connectivity index is 0.00000208. The fourth-order valence-corrected chi connectivity index (χ4v) is 2.35. The zero-order valence-corrected chi connectivity index (χ0v) is 13.8. The molecular weight excluding hydrogens is 379 g/mol. The molecule has 5 nitrogen and oxygen atoms in total. The second kappa shape index (κ2) is 7.45. The molecule has 3 rings (SSSR count). The van der Waals surface area contributed by atoms with Crippen LogP contribution < -0.4 is 5.43 Å².